The van der Waals surface area contributed by atoms with E-state index in [0.29, 0.717) is 43.5 Å². The van der Waals surface area contributed by atoms with Gasteiger partial charge >= 0.3 is 6.03 Å². The summed E-state index contributed by atoms with van der Waals surface area (Å²) < 4.78 is 18.9. The second kappa shape index (κ2) is 8.03. The van der Waals surface area contributed by atoms with Crippen molar-refractivity contribution < 1.29 is 13.9 Å². The molecule has 1 fully saturated rings. The maximum absolute atomic E-state index is 13.4. The molecule has 2 heterocycles. The molecule has 1 N–H and O–H groups in total. The molecule has 1 aliphatic rings. The average molecular weight is 358 g/mol. The van der Waals surface area contributed by atoms with Crippen LogP contribution in [0, 0.1) is 5.95 Å². The lowest BCUT2D eigenvalue weighted by molar-refractivity contribution is 0.199. The van der Waals surface area contributed by atoms with Crippen LogP contribution in [-0.2, 0) is 0 Å². The van der Waals surface area contributed by atoms with Crippen LogP contribution in [0.5, 0.6) is 5.75 Å². The fourth-order valence-corrected chi connectivity index (χ4v) is 3.09. The summed E-state index contributed by atoms with van der Waals surface area (Å²) in [6, 6.07) is 12.0. The van der Waals surface area contributed by atoms with Gasteiger partial charge in [-0.25, -0.2) is 9.78 Å². The molecule has 0 bridgehead atoms. The largest absolute Gasteiger partial charge is 0.492 e. The minimum Gasteiger partial charge on any atom is -0.492 e. The number of anilines is 2. The third-order valence-corrected chi connectivity index (χ3v) is 4.34. The van der Waals surface area contributed by atoms with Crippen molar-refractivity contribution >= 4 is 17.5 Å². The molecule has 2 amide bonds. The number of benzene rings is 1. The minimum absolute atomic E-state index is 0.0333. The van der Waals surface area contributed by atoms with E-state index in [1.807, 2.05) is 43.0 Å². The number of pyridine rings is 1. The van der Waals surface area contributed by atoms with Gasteiger partial charge in [0.2, 0.25) is 5.95 Å². The third-order valence-electron chi connectivity index (χ3n) is 4.34. The SMILES string of the molecule is CCOc1ccccc1NC(=O)N1CCN(c2cccc(F)n2)C(C)C1. The predicted octanol–water partition coefficient (Wildman–Crippen LogP) is 3.36. The quantitative estimate of drug-likeness (QED) is 0.852. The Morgan fingerprint density at radius 3 is 2.81 bits per heavy atom. The number of para-hydroxylation sites is 2. The summed E-state index contributed by atoms with van der Waals surface area (Å²) in [5.74, 6) is 0.751. The predicted molar refractivity (Wildman–Crippen MR) is 99.2 cm³/mol. The molecule has 1 aromatic carbocycles. The van der Waals surface area contributed by atoms with Crippen LogP contribution in [0.4, 0.5) is 20.7 Å². The van der Waals surface area contributed by atoms with E-state index in [2.05, 4.69) is 10.3 Å². The van der Waals surface area contributed by atoms with Crippen LogP contribution in [0.15, 0.2) is 42.5 Å². The van der Waals surface area contributed by atoms with Crippen molar-refractivity contribution in [1.29, 1.82) is 0 Å². The Hall–Kier alpha value is -2.83. The van der Waals surface area contributed by atoms with Gasteiger partial charge in [-0.2, -0.15) is 4.39 Å². The van der Waals surface area contributed by atoms with Gasteiger partial charge in [-0.3, -0.25) is 0 Å². The van der Waals surface area contributed by atoms with Gasteiger partial charge in [-0.1, -0.05) is 18.2 Å². The molecule has 1 unspecified atom stereocenters. The highest BCUT2D eigenvalue weighted by molar-refractivity contribution is 5.91. The third kappa shape index (κ3) is 4.04. The first-order chi connectivity index (χ1) is 12.6. The first-order valence-electron chi connectivity index (χ1n) is 8.75. The summed E-state index contributed by atoms with van der Waals surface area (Å²) in [5, 5.41) is 2.92. The lowest BCUT2D eigenvalue weighted by atomic mass is 10.2. The molecule has 0 saturated carbocycles. The van der Waals surface area contributed by atoms with Gasteiger partial charge in [-0.15, -0.1) is 0 Å². The van der Waals surface area contributed by atoms with E-state index >= 15 is 0 Å². The first kappa shape index (κ1) is 18.0. The van der Waals surface area contributed by atoms with Gasteiger partial charge < -0.3 is 19.9 Å². The maximum Gasteiger partial charge on any atom is 0.322 e. The highest BCUT2D eigenvalue weighted by Gasteiger charge is 2.28. The van der Waals surface area contributed by atoms with Gasteiger partial charge in [0.25, 0.3) is 0 Å². The fraction of sp³-hybridized carbons (Fsp3) is 0.368. The van der Waals surface area contributed by atoms with Crippen molar-refractivity contribution in [3.05, 3.63) is 48.4 Å². The van der Waals surface area contributed by atoms with Crippen LogP contribution in [-0.4, -0.2) is 48.2 Å². The van der Waals surface area contributed by atoms with Crippen LogP contribution >= 0.6 is 0 Å². The summed E-state index contributed by atoms with van der Waals surface area (Å²) in [4.78, 5) is 20.3. The van der Waals surface area contributed by atoms with Crippen LogP contribution in [0.2, 0.25) is 0 Å². The Labute approximate surface area is 152 Å². The number of rotatable bonds is 4. The number of nitrogens with zero attached hydrogens (tertiary/aromatic N) is 3. The summed E-state index contributed by atoms with van der Waals surface area (Å²) in [5.41, 5.74) is 0.654. The topological polar surface area (TPSA) is 57.7 Å². The fourth-order valence-electron chi connectivity index (χ4n) is 3.09. The summed E-state index contributed by atoms with van der Waals surface area (Å²) in [6.45, 7) is 6.09. The summed E-state index contributed by atoms with van der Waals surface area (Å²) >= 11 is 0. The number of nitrogens with one attached hydrogen (secondary N) is 1. The van der Waals surface area contributed by atoms with E-state index in [1.54, 1.807) is 17.0 Å². The van der Waals surface area contributed by atoms with Crippen molar-refractivity contribution in [3.63, 3.8) is 0 Å². The highest BCUT2D eigenvalue weighted by atomic mass is 19.1. The number of hydrogen-bond acceptors (Lipinski definition) is 4. The van der Waals surface area contributed by atoms with Crippen molar-refractivity contribution in [2.75, 3.05) is 36.5 Å². The number of carbonyl (C=O) groups excluding carboxylic acids is 1. The zero-order chi connectivity index (χ0) is 18.5. The molecule has 138 valence electrons. The molecular formula is C19H23FN4O2. The number of carbonyl (C=O) groups is 1. The second-order valence-corrected chi connectivity index (χ2v) is 6.17. The monoisotopic (exact) mass is 358 g/mol. The molecule has 3 rings (SSSR count). The number of hydrogen-bond donors (Lipinski definition) is 1. The van der Waals surface area contributed by atoms with Gasteiger partial charge in [0.15, 0.2) is 0 Å². The highest BCUT2D eigenvalue weighted by Crippen LogP contribution is 2.25. The molecule has 1 saturated heterocycles. The van der Waals surface area contributed by atoms with Crippen LogP contribution in [0.25, 0.3) is 0 Å². The summed E-state index contributed by atoms with van der Waals surface area (Å²) in [7, 11) is 0. The van der Waals surface area contributed by atoms with Crippen LogP contribution in [0.3, 0.4) is 0 Å². The minimum atomic E-state index is -0.498. The van der Waals surface area contributed by atoms with E-state index in [0.717, 1.165) is 0 Å². The van der Waals surface area contributed by atoms with Gasteiger partial charge in [0.05, 0.1) is 12.3 Å². The van der Waals surface area contributed by atoms with E-state index < -0.39 is 5.95 Å². The lowest BCUT2D eigenvalue weighted by Crippen LogP contribution is -2.55. The van der Waals surface area contributed by atoms with E-state index in [4.69, 9.17) is 4.74 Å². The van der Waals surface area contributed by atoms with Crippen molar-refractivity contribution in [1.82, 2.24) is 9.88 Å². The van der Waals surface area contributed by atoms with E-state index in [-0.39, 0.29) is 12.1 Å². The molecule has 1 aromatic heterocycles. The average Bonchev–Trinajstić information content (AvgIpc) is 2.63. The molecule has 0 aliphatic carbocycles. The molecular weight excluding hydrogens is 335 g/mol. The zero-order valence-electron chi connectivity index (χ0n) is 15.0. The Bertz CT molecular complexity index is 771. The molecule has 0 radical (unpaired) electrons. The number of ether oxygens (including phenoxy) is 1. The van der Waals surface area contributed by atoms with Gasteiger partial charge in [0, 0.05) is 25.7 Å². The lowest BCUT2D eigenvalue weighted by Gasteiger charge is -2.40. The number of piperazine rings is 1. The Kier molecular flexibility index (Phi) is 5.55. The molecule has 26 heavy (non-hydrogen) atoms. The number of halogens is 1. The second-order valence-electron chi connectivity index (χ2n) is 6.17. The summed E-state index contributed by atoms with van der Waals surface area (Å²) in [6.07, 6.45) is 0. The van der Waals surface area contributed by atoms with Crippen molar-refractivity contribution in [2.24, 2.45) is 0 Å². The smallest absolute Gasteiger partial charge is 0.322 e. The molecule has 2 aromatic rings. The normalized spacial score (nSPS) is 17.1. The van der Waals surface area contributed by atoms with Gasteiger partial charge in [0.1, 0.15) is 11.6 Å². The zero-order valence-corrected chi connectivity index (χ0v) is 15.0. The van der Waals surface area contributed by atoms with Crippen molar-refractivity contribution in [3.8, 4) is 5.75 Å². The molecule has 0 spiro atoms. The number of aromatic nitrogens is 1. The molecule has 1 atom stereocenters. The van der Waals surface area contributed by atoms with Crippen molar-refractivity contribution in [2.45, 2.75) is 19.9 Å². The Balaban J connectivity index is 1.64. The Morgan fingerprint density at radius 2 is 2.08 bits per heavy atom. The van der Waals surface area contributed by atoms with E-state index in [1.165, 1.54) is 6.07 Å². The van der Waals surface area contributed by atoms with Crippen LogP contribution in [0.1, 0.15) is 13.8 Å². The molecule has 1 aliphatic heterocycles. The Morgan fingerprint density at radius 1 is 1.27 bits per heavy atom. The maximum atomic E-state index is 13.4. The first-order valence-corrected chi connectivity index (χ1v) is 8.75. The number of urea groups is 1. The molecule has 6 nitrogen and oxygen atoms in total. The number of amides is 2. The standard InChI is InChI=1S/C19H23FN4O2/c1-3-26-16-8-5-4-7-15(16)21-19(25)23-11-12-24(14(2)13-23)18-10-6-9-17(20)22-18/h4-10,14H,3,11-13H2,1-2H3,(H,21,25). The van der Waals surface area contributed by atoms with Crippen LogP contribution < -0.4 is 15.0 Å². The van der Waals surface area contributed by atoms with Gasteiger partial charge in [-0.05, 0) is 38.1 Å². The van der Waals surface area contributed by atoms with E-state index in [9.17, 15) is 9.18 Å². The molecule has 7 heteroatoms.